The molecule has 6 nitrogen and oxygen atoms in total. The number of aryl methyl sites for hydroxylation is 1. The maximum Gasteiger partial charge on any atom is 0.206 e. The predicted molar refractivity (Wildman–Crippen MR) is 83.5 cm³/mol. The van der Waals surface area contributed by atoms with Crippen molar-refractivity contribution in [3.63, 3.8) is 0 Å². The molecule has 4 rings (SSSR count). The Balaban J connectivity index is 1.94. The summed E-state index contributed by atoms with van der Waals surface area (Å²) in [6, 6.07) is 13.4. The number of pyridine rings is 1. The summed E-state index contributed by atoms with van der Waals surface area (Å²) in [7, 11) is 0. The van der Waals surface area contributed by atoms with Gasteiger partial charge in [-0.05, 0) is 31.2 Å². The van der Waals surface area contributed by atoms with Gasteiger partial charge in [-0.1, -0.05) is 29.8 Å². The molecule has 0 N–H and O–H groups in total. The molecule has 4 aromatic rings. The zero-order chi connectivity index (χ0) is 15.1. The Bertz CT molecular complexity index is 957. The first-order chi connectivity index (χ1) is 10.7. The van der Waals surface area contributed by atoms with Gasteiger partial charge in [0.25, 0.3) is 0 Å². The maximum absolute atomic E-state index is 6.12. The molecule has 0 amide bonds. The average Bonchev–Trinajstić information content (AvgIpc) is 3.10. The van der Waals surface area contributed by atoms with Crippen LogP contribution in [0.1, 0.15) is 5.69 Å². The van der Waals surface area contributed by atoms with Crippen molar-refractivity contribution in [1.29, 1.82) is 0 Å². The second-order valence-corrected chi connectivity index (χ2v) is 5.17. The summed E-state index contributed by atoms with van der Waals surface area (Å²) in [5.74, 6) is 0. The van der Waals surface area contributed by atoms with Crippen LogP contribution in [0.25, 0.3) is 22.5 Å². The lowest BCUT2D eigenvalue weighted by molar-refractivity contribution is 0.739. The monoisotopic (exact) mass is 310 g/mol. The van der Waals surface area contributed by atoms with Crippen LogP contribution < -0.4 is 0 Å². The highest BCUT2D eigenvalue weighted by Crippen LogP contribution is 2.21. The molecule has 0 atom stereocenters. The smallest absolute Gasteiger partial charge is 0.206 e. The molecule has 1 aromatic carbocycles. The SMILES string of the molecule is Cc1nn(-c2ccccc2)c2nn(-c3cccnc3Cl)nc12. The van der Waals surface area contributed by atoms with E-state index in [-0.39, 0.29) is 0 Å². The Kier molecular flexibility index (Phi) is 2.90. The topological polar surface area (TPSA) is 61.4 Å². The molecule has 0 bridgehead atoms. The van der Waals surface area contributed by atoms with Gasteiger partial charge in [0.2, 0.25) is 5.65 Å². The zero-order valence-corrected chi connectivity index (χ0v) is 12.4. The standard InChI is InChI=1S/C15H11ClN6/c1-10-13-15(21(18-10)11-6-3-2-4-7-11)20-22(19-13)12-8-5-9-17-14(12)16/h2-9H,1H3. The summed E-state index contributed by atoms with van der Waals surface area (Å²) >= 11 is 6.12. The number of hydrogen-bond donors (Lipinski definition) is 0. The highest BCUT2D eigenvalue weighted by molar-refractivity contribution is 6.31. The second-order valence-electron chi connectivity index (χ2n) is 4.81. The molecular weight excluding hydrogens is 300 g/mol. The maximum atomic E-state index is 6.12. The lowest BCUT2D eigenvalue weighted by atomic mass is 10.3. The van der Waals surface area contributed by atoms with Crippen LogP contribution in [0, 0.1) is 6.92 Å². The Morgan fingerprint density at radius 3 is 2.55 bits per heavy atom. The van der Waals surface area contributed by atoms with E-state index in [9.17, 15) is 0 Å². The van der Waals surface area contributed by atoms with E-state index in [1.165, 1.54) is 4.80 Å². The van der Waals surface area contributed by atoms with Gasteiger partial charge in [0.15, 0.2) is 10.7 Å². The van der Waals surface area contributed by atoms with Crippen molar-refractivity contribution < 1.29 is 0 Å². The quantitative estimate of drug-likeness (QED) is 0.534. The number of para-hydroxylation sites is 1. The number of rotatable bonds is 2. The fourth-order valence-electron chi connectivity index (χ4n) is 2.30. The Morgan fingerprint density at radius 2 is 1.77 bits per heavy atom. The van der Waals surface area contributed by atoms with Gasteiger partial charge in [-0.15, -0.1) is 15.0 Å². The molecule has 22 heavy (non-hydrogen) atoms. The van der Waals surface area contributed by atoms with Gasteiger partial charge >= 0.3 is 0 Å². The van der Waals surface area contributed by atoms with Crippen molar-refractivity contribution in [3.05, 3.63) is 59.5 Å². The number of halogens is 1. The van der Waals surface area contributed by atoms with Crippen molar-refractivity contribution in [2.75, 3.05) is 0 Å². The molecule has 0 saturated heterocycles. The van der Waals surface area contributed by atoms with Gasteiger partial charge in [0.05, 0.1) is 11.4 Å². The zero-order valence-electron chi connectivity index (χ0n) is 11.7. The number of fused-ring (bicyclic) bond motifs is 1. The van der Waals surface area contributed by atoms with E-state index in [2.05, 4.69) is 20.3 Å². The first-order valence-electron chi connectivity index (χ1n) is 6.73. The molecular formula is C15H11ClN6. The summed E-state index contributed by atoms with van der Waals surface area (Å²) in [5.41, 5.74) is 3.81. The highest BCUT2D eigenvalue weighted by Gasteiger charge is 2.16. The van der Waals surface area contributed by atoms with Crippen molar-refractivity contribution >= 4 is 22.8 Å². The van der Waals surface area contributed by atoms with Crippen molar-refractivity contribution in [1.82, 2.24) is 29.8 Å². The molecule has 3 aromatic heterocycles. The van der Waals surface area contributed by atoms with Crippen LogP contribution in [0.5, 0.6) is 0 Å². The van der Waals surface area contributed by atoms with Crippen LogP contribution >= 0.6 is 11.6 Å². The second kappa shape index (κ2) is 4.92. The molecule has 0 spiro atoms. The van der Waals surface area contributed by atoms with Crippen LogP contribution in [-0.4, -0.2) is 29.8 Å². The third-order valence-corrected chi connectivity index (χ3v) is 3.64. The van der Waals surface area contributed by atoms with Crippen molar-refractivity contribution in [2.24, 2.45) is 0 Å². The van der Waals surface area contributed by atoms with Crippen LogP contribution in [-0.2, 0) is 0 Å². The minimum absolute atomic E-state index is 0.358. The number of benzene rings is 1. The molecule has 0 fully saturated rings. The fourth-order valence-corrected chi connectivity index (χ4v) is 2.50. The summed E-state index contributed by atoms with van der Waals surface area (Å²) in [5, 5.41) is 13.9. The molecule has 0 saturated carbocycles. The lowest BCUT2D eigenvalue weighted by Gasteiger charge is -2.02. The number of hydrogen-bond acceptors (Lipinski definition) is 4. The Labute approximate surface area is 131 Å². The van der Waals surface area contributed by atoms with E-state index in [0.29, 0.717) is 16.5 Å². The van der Waals surface area contributed by atoms with Gasteiger partial charge in [-0.3, -0.25) is 0 Å². The normalized spacial score (nSPS) is 11.2. The van der Waals surface area contributed by atoms with Gasteiger partial charge < -0.3 is 0 Å². The van der Waals surface area contributed by atoms with E-state index in [1.54, 1.807) is 16.9 Å². The molecule has 0 radical (unpaired) electrons. The number of aromatic nitrogens is 6. The van der Waals surface area contributed by atoms with Crippen molar-refractivity contribution in [3.8, 4) is 11.4 Å². The third kappa shape index (κ3) is 1.96. The van der Waals surface area contributed by atoms with Crippen LogP contribution in [0.3, 0.4) is 0 Å². The molecule has 108 valence electrons. The highest BCUT2D eigenvalue weighted by atomic mass is 35.5. The fraction of sp³-hybridized carbons (Fsp3) is 0.0667. The van der Waals surface area contributed by atoms with Gasteiger partial charge in [0, 0.05) is 6.20 Å². The van der Waals surface area contributed by atoms with E-state index in [1.807, 2.05) is 43.3 Å². The Morgan fingerprint density at radius 1 is 0.955 bits per heavy atom. The first-order valence-corrected chi connectivity index (χ1v) is 7.11. The molecule has 0 unspecified atom stereocenters. The van der Waals surface area contributed by atoms with E-state index >= 15 is 0 Å². The van der Waals surface area contributed by atoms with Gasteiger partial charge in [-0.25, -0.2) is 9.67 Å². The molecule has 3 heterocycles. The molecule has 0 aliphatic heterocycles. The third-order valence-electron chi connectivity index (χ3n) is 3.34. The molecule has 7 heteroatoms. The van der Waals surface area contributed by atoms with E-state index < -0.39 is 0 Å². The van der Waals surface area contributed by atoms with Crippen LogP contribution in [0.4, 0.5) is 0 Å². The average molecular weight is 311 g/mol. The van der Waals surface area contributed by atoms with Crippen molar-refractivity contribution in [2.45, 2.75) is 6.92 Å². The first kappa shape index (κ1) is 13.0. The molecule has 0 aliphatic carbocycles. The van der Waals surface area contributed by atoms with E-state index in [0.717, 1.165) is 16.9 Å². The van der Waals surface area contributed by atoms with E-state index in [4.69, 9.17) is 11.6 Å². The lowest BCUT2D eigenvalue weighted by Crippen LogP contribution is -2.03. The Hall–Kier alpha value is -2.73. The van der Waals surface area contributed by atoms with Crippen LogP contribution in [0.2, 0.25) is 5.15 Å². The number of nitrogens with zero attached hydrogens (tertiary/aromatic N) is 6. The summed E-state index contributed by atoms with van der Waals surface area (Å²) < 4.78 is 1.78. The minimum Gasteiger partial charge on any atom is -0.242 e. The predicted octanol–water partition coefficient (Wildman–Crippen LogP) is 2.96. The minimum atomic E-state index is 0.358. The van der Waals surface area contributed by atoms with Crippen LogP contribution in [0.15, 0.2) is 48.7 Å². The summed E-state index contributed by atoms with van der Waals surface area (Å²) in [6.45, 7) is 1.91. The van der Waals surface area contributed by atoms with Gasteiger partial charge in [-0.2, -0.15) is 5.10 Å². The largest absolute Gasteiger partial charge is 0.242 e. The molecule has 0 aliphatic rings. The summed E-state index contributed by atoms with van der Waals surface area (Å²) in [4.78, 5) is 5.55. The van der Waals surface area contributed by atoms with Gasteiger partial charge in [0.1, 0.15) is 5.69 Å². The summed E-state index contributed by atoms with van der Waals surface area (Å²) in [6.07, 6.45) is 1.63.